The van der Waals surface area contributed by atoms with E-state index in [4.69, 9.17) is 5.26 Å². The van der Waals surface area contributed by atoms with Crippen LogP contribution in [0.5, 0.6) is 0 Å². The Morgan fingerprint density at radius 1 is 1.55 bits per heavy atom. The van der Waals surface area contributed by atoms with E-state index in [2.05, 4.69) is 44.6 Å². The lowest BCUT2D eigenvalue weighted by atomic mass is 10.2. The van der Waals surface area contributed by atoms with Crippen LogP contribution >= 0.6 is 38.5 Å². The van der Waals surface area contributed by atoms with Gasteiger partial charge in [-0.3, -0.25) is 0 Å². The lowest BCUT2D eigenvalue weighted by Crippen LogP contribution is -1.86. The Balaban J connectivity index is 3.08. The first kappa shape index (κ1) is 9.01. The molecule has 11 heavy (non-hydrogen) atoms. The summed E-state index contributed by atoms with van der Waals surface area (Å²) in [6.07, 6.45) is 0.484. The van der Waals surface area contributed by atoms with E-state index in [1.165, 1.54) is 0 Å². The van der Waals surface area contributed by atoms with Crippen molar-refractivity contribution in [3.05, 3.63) is 31.8 Å². The van der Waals surface area contributed by atoms with E-state index < -0.39 is 0 Å². The molecule has 0 aliphatic rings. The van der Waals surface area contributed by atoms with Crippen molar-refractivity contribution in [2.75, 3.05) is 0 Å². The summed E-state index contributed by atoms with van der Waals surface area (Å²) in [5.41, 5.74) is 1.09. The number of benzene rings is 1. The zero-order chi connectivity index (χ0) is 8.27. The number of nitriles is 1. The van der Waals surface area contributed by atoms with Crippen LogP contribution in [0, 0.1) is 14.9 Å². The summed E-state index contributed by atoms with van der Waals surface area (Å²) in [7, 11) is 0. The van der Waals surface area contributed by atoms with Crippen molar-refractivity contribution in [1.82, 2.24) is 0 Å². The van der Waals surface area contributed by atoms with Crippen LogP contribution < -0.4 is 0 Å². The fourth-order valence-electron chi connectivity index (χ4n) is 0.770. The van der Waals surface area contributed by atoms with Crippen molar-refractivity contribution in [1.29, 1.82) is 5.26 Å². The van der Waals surface area contributed by atoms with Gasteiger partial charge in [-0.2, -0.15) is 5.26 Å². The van der Waals surface area contributed by atoms with Crippen LogP contribution in [0.15, 0.2) is 22.7 Å². The monoisotopic (exact) mass is 321 g/mol. The summed E-state index contributed by atoms with van der Waals surface area (Å²) in [6.45, 7) is 0. The van der Waals surface area contributed by atoms with Crippen LogP contribution in [0.2, 0.25) is 0 Å². The molecule has 0 radical (unpaired) electrons. The van der Waals surface area contributed by atoms with E-state index in [1.807, 2.05) is 18.2 Å². The van der Waals surface area contributed by atoms with Gasteiger partial charge >= 0.3 is 0 Å². The van der Waals surface area contributed by atoms with Crippen LogP contribution in [0.4, 0.5) is 0 Å². The predicted octanol–water partition coefficient (Wildman–Crippen LogP) is 3.12. The summed E-state index contributed by atoms with van der Waals surface area (Å²) in [5, 5.41) is 8.47. The van der Waals surface area contributed by atoms with Crippen molar-refractivity contribution in [3.8, 4) is 6.07 Å². The molecule has 0 unspecified atom stereocenters. The second kappa shape index (κ2) is 4.07. The Morgan fingerprint density at radius 2 is 2.27 bits per heavy atom. The topological polar surface area (TPSA) is 23.8 Å². The third kappa shape index (κ3) is 2.17. The van der Waals surface area contributed by atoms with Crippen molar-refractivity contribution < 1.29 is 0 Å². The van der Waals surface area contributed by atoms with Gasteiger partial charge in [0, 0.05) is 8.04 Å². The molecule has 0 fully saturated rings. The van der Waals surface area contributed by atoms with E-state index in [1.54, 1.807) is 0 Å². The molecule has 1 nitrogen and oxygen atoms in total. The summed E-state index contributed by atoms with van der Waals surface area (Å²) in [4.78, 5) is 0. The third-order valence-electron chi connectivity index (χ3n) is 1.30. The first-order valence-electron chi connectivity index (χ1n) is 3.05. The first-order chi connectivity index (χ1) is 5.25. The maximum absolute atomic E-state index is 8.47. The lowest BCUT2D eigenvalue weighted by molar-refractivity contribution is 1.24. The molecule has 0 saturated carbocycles. The minimum Gasteiger partial charge on any atom is -0.198 e. The average molecular weight is 322 g/mol. The van der Waals surface area contributed by atoms with Gasteiger partial charge in [0.2, 0.25) is 0 Å². The number of rotatable bonds is 1. The van der Waals surface area contributed by atoms with Gasteiger partial charge in [0.1, 0.15) is 0 Å². The number of halogens is 2. The molecule has 3 heteroatoms. The van der Waals surface area contributed by atoms with Crippen LogP contribution in [0.1, 0.15) is 5.56 Å². The second-order valence-electron chi connectivity index (χ2n) is 2.05. The number of nitrogens with zero attached hydrogens (tertiary/aromatic N) is 1. The van der Waals surface area contributed by atoms with Gasteiger partial charge in [-0.1, -0.05) is 12.1 Å². The molecule has 0 spiro atoms. The summed E-state index contributed by atoms with van der Waals surface area (Å²) in [6, 6.07) is 8.01. The van der Waals surface area contributed by atoms with Gasteiger partial charge < -0.3 is 0 Å². The molecule has 56 valence electrons. The van der Waals surface area contributed by atoms with Crippen LogP contribution in [-0.2, 0) is 6.42 Å². The number of hydrogen-bond acceptors (Lipinski definition) is 1. The zero-order valence-corrected chi connectivity index (χ0v) is 9.39. The molecule has 0 amide bonds. The van der Waals surface area contributed by atoms with E-state index in [9.17, 15) is 0 Å². The molecule has 0 atom stereocenters. The lowest BCUT2D eigenvalue weighted by Gasteiger charge is -2.00. The Hall–Kier alpha value is -0.0800. The smallest absolute Gasteiger partial charge is 0.0670 e. The van der Waals surface area contributed by atoms with E-state index in [0.29, 0.717) is 6.42 Å². The molecule has 1 aromatic carbocycles. The highest BCUT2D eigenvalue weighted by Crippen LogP contribution is 2.22. The van der Waals surface area contributed by atoms with E-state index in [-0.39, 0.29) is 0 Å². The highest BCUT2D eigenvalue weighted by atomic mass is 127. The number of hydrogen-bond donors (Lipinski definition) is 0. The Morgan fingerprint density at radius 3 is 2.91 bits per heavy atom. The Bertz CT molecular complexity index is 303. The van der Waals surface area contributed by atoms with Crippen molar-refractivity contribution in [3.63, 3.8) is 0 Å². The minimum atomic E-state index is 0.484. The van der Waals surface area contributed by atoms with E-state index in [0.717, 1.165) is 13.6 Å². The molecular formula is C8H5BrIN. The van der Waals surface area contributed by atoms with E-state index >= 15 is 0 Å². The molecule has 1 rings (SSSR count). The van der Waals surface area contributed by atoms with Crippen LogP contribution in [0.3, 0.4) is 0 Å². The fourth-order valence-corrected chi connectivity index (χ4v) is 1.73. The fraction of sp³-hybridized carbons (Fsp3) is 0.125. The molecule has 0 aromatic heterocycles. The molecule has 0 aliphatic heterocycles. The summed E-state index contributed by atoms with van der Waals surface area (Å²) in [5.74, 6) is 0. The normalized spacial score (nSPS) is 9.18. The summed E-state index contributed by atoms with van der Waals surface area (Å²) < 4.78 is 2.19. The SMILES string of the molecule is N#CCc1cccc(Br)c1I. The molecule has 1 aromatic rings. The van der Waals surface area contributed by atoms with Gasteiger partial charge in [-0.05, 0) is 50.2 Å². The Labute approximate surface area is 87.7 Å². The second-order valence-corrected chi connectivity index (χ2v) is 3.98. The maximum Gasteiger partial charge on any atom is 0.0670 e. The standard InChI is InChI=1S/C8H5BrIN/c9-7-3-1-2-6(4-5-11)8(7)10/h1-3H,4H2. The van der Waals surface area contributed by atoms with Gasteiger partial charge in [-0.25, -0.2) is 0 Å². The van der Waals surface area contributed by atoms with Crippen molar-refractivity contribution >= 4 is 38.5 Å². The van der Waals surface area contributed by atoms with Gasteiger partial charge in [0.05, 0.1) is 12.5 Å². The maximum atomic E-state index is 8.47. The van der Waals surface area contributed by atoms with Crippen molar-refractivity contribution in [2.45, 2.75) is 6.42 Å². The minimum absolute atomic E-state index is 0.484. The largest absolute Gasteiger partial charge is 0.198 e. The van der Waals surface area contributed by atoms with Gasteiger partial charge in [-0.15, -0.1) is 0 Å². The average Bonchev–Trinajstić information content (AvgIpc) is 1.99. The Kier molecular flexibility index (Phi) is 3.34. The molecule has 0 aliphatic carbocycles. The van der Waals surface area contributed by atoms with Crippen LogP contribution in [0.25, 0.3) is 0 Å². The van der Waals surface area contributed by atoms with Crippen LogP contribution in [-0.4, -0.2) is 0 Å². The molecule has 0 N–H and O–H groups in total. The van der Waals surface area contributed by atoms with Crippen molar-refractivity contribution in [2.24, 2.45) is 0 Å². The summed E-state index contributed by atoms with van der Waals surface area (Å²) >= 11 is 5.63. The quantitative estimate of drug-likeness (QED) is 0.729. The molecule has 0 saturated heterocycles. The molecule has 0 bridgehead atoms. The highest BCUT2D eigenvalue weighted by molar-refractivity contribution is 14.1. The third-order valence-corrected chi connectivity index (χ3v) is 3.98. The first-order valence-corrected chi connectivity index (χ1v) is 4.92. The molecule has 0 heterocycles. The van der Waals surface area contributed by atoms with Gasteiger partial charge in [0.15, 0.2) is 0 Å². The predicted molar refractivity (Wildman–Crippen MR) is 56.2 cm³/mol. The van der Waals surface area contributed by atoms with Gasteiger partial charge in [0.25, 0.3) is 0 Å². The highest BCUT2D eigenvalue weighted by Gasteiger charge is 2.00. The molecular weight excluding hydrogens is 317 g/mol. The zero-order valence-electron chi connectivity index (χ0n) is 5.64.